The number of rotatable bonds is 3. The van der Waals surface area contributed by atoms with Gasteiger partial charge in [-0.3, -0.25) is 16.2 Å². The number of amides is 2. The molecular formula is C27H10N4O3S. The molecule has 0 radical (unpaired) electrons. The summed E-state index contributed by atoms with van der Waals surface area (Å²) in [4.78, 5) is 11.7. The highest BCUT2D eigenvalue weighted by molar-refractivity contribution is 7.90. The van der Waals surface area contributed by atoms with Crippen LogP contribution in [0.2, 0.25) is 0 Å². The highest BCUT2D eigenvalue weighted by Crippen LogP contribution is 2.19. The molecule has 0 aromatic heterocycles. The largest absolute Gasteiger partial charge is 0.345 e. The highest BCUT2D eigenvalue weighted by atomic mass is 32.2. The normalized spacial score (nSPS) is 7.17. The van der Waals surface area contributed by atoms with E-state index < -0.39 is 15.9 Å². The van der Waals surface area contributed by atoms with Gasteiger partial charge in [0.15, 0.2) is 9.84 Å². The minimum atomic E-state index is -3.47. The van der Waals surface area contributed by atoms with Gasteiger partial charge in [0.05, 0.1) is 16.1 Å². The smallest absolute Gasteiger partial charge is 0.296 e. The van der Waals surface area contributed by atoms with Gasteiger partial charge in [0.1, 0.15) is 6.07 Å². The molecule has 0 fully saturated rings. The van der Waals surface area contributed by atoms with Crippen molar-refractivity contribution >= 4 is 21.6 Å². The van der Waals surface area contributed by atoms with Crippen molar-refractivity contribution in [3.8, 4) is 113 Å². The van der Waals surface area contributed by atoms with Gasteiger partial charge in [0.2, 0.25) is 0 Å². The second-order valence-corrected chi connectivity index (χ2v) is 7.46. The number of terminal acetylenes is 1. The molecule has 1 aromatic carbocycles. The minimum Gasteiger partial charge on any atom is -0.296 e. The first-order chi connectivity index (χ1) is 16.9. The van der Waals surface area contributed by atoms with Gasteiger partial charge in [-0.25, -0.2) is 13.2 Å². The van der Waals surface area contributed by atoms with E-state index in [0.717, 1.165) is 6.26 Å². The van der Waals surface area contributed by atoms with Crippen molar-refractivity contribution in [3.05, 3.63) is 23.8 Å². The summed E-state index contributed by atoms with van der Waals surface area (Å²) in [6, 6.07) is 7.23. The number of anilines is 1. The van der Waals surface area contributed by atoms with E-state index in [1.54, 1.807) is 0 Å². The van der Waals surface area contributed by atoms with Crippen molar-refractivity contribution in [3.63, 3.8) is 0 Å². The molecule has 7 nitrogen and oxygen atoms in total. The van der Waals surface area contributed by atoms with Crippen molar-refractivity contribution in [2.45, 2.75) is 4.90 Å². The summed E-state index contributed by atoms with van der Waals surface area (Å²) < 4.78 is 23.1. The Balaban J connectivity index is 2.51. The molecule has 3 N–H and O–H groups in total. The predicted molar refractivity (Wildman–Crippen MR) is 131 cm³/mol. The first-order valence-electron chi connectivity index (χ1n) is 8.90. The molecule has 0 bridgehead atoms. The van der Waals surface area contributed by atoms with Gasteiger partial charge < -0.3 is 0 Å². The number of sulfone groups is 1. The third-order valence-electron chi connectivity index (χ3n) is 3.04. The van der Waals surface area contributed by atoms with Gasteiger partial charge in [0, 0.05) is 59.7 Å². The molecule has 0 atom stereocenters. The van der Waals surface area contributed by atoms with Crippen LogP contribution in [0.1, 0.15) is 5.56 Å². The van der Waals surface area contributed by atoms with E-state index in [0.29, 0.717) is 0 Å². The summed E-state index contributed by atoms with van der Waals surface area (Å²) in [6.45, 7) is 0. The van der Waals surface area contributed by atoms with E-state index in [-0.39, 0.29) is 16.1 Å². The number of benzene rings is 1. The fourth-order valence-corrected chi connectivity index (χ4v) is 2.32. The molecular weight excluding hydrogens is 460 g/mol. The summed E-state index contributed by atoms with van der Waals surface area (Å²) in [5, 5.41) is 11.3. The van der Waals surface area contributed by atoms with Crippen LogP contribution < -0.4 is 16.2 Å². The molecule has 162 valence electrons. The summed E-state index contributed by atoms with van der Waals surface area (Å²) in [5.74, 6) is 38.3. The van der Waals surface area contributed by atoms with Gasteiger partial charge in [-0.2, -0.15) is 5.26 Å². The number of urea groups is 1. The van der Waals surface area contributed by atoms with Gasteiger partial charge in [-0.05, 0) is 65.6 Å². The van der Waals surface area contributed by atoms with Crippen LogP contribution in [0.4, 0.5) is 10.5 Å². The van der Waals surface area contributed by atoms with E-state index >= 15 is 0 Å². The van der Waals surface area contributed by atoms with Gasteiger partial charge >= 0.3 is 6.03 Å². The number of nitrogens with one attached hydrogen (secondary N) is 3. The molecule has 2 amide bonds. The second-order valence-electron chi connectivity index (χ2n) is 5.44. The van der Waals surface area contributed by atoms with Crippen LogP contribution in [0, 0.1) is 119 Å². The zero-order chi connectivity index (χ0) is 25.8. The van der Waals surface area contributed by atoms with Crippen LogP contribution >= 0.6 is 0 Å². The lowest BCUT2D eigenvalue weighted by molar-refractivity contribution is 0.246. The van der Waals surface area contributed by atoms with Crippen LogP contribution in [-0.4, -0.2) is 20.7 Å². The third-order valence-corrected chi connectivity index (χ3v) is 4.15. The van der Waals surface area contributed by atoms with Crippen LogP contribution in [0.5, 0.6) is 0 Å². The zero-order valence-electron chi connectivity index (χ0n) is 17.9. The number of hydrogen-bond donors (Lipinski definition) is 3. The molecule has 0 aliphatic rings. The molecule has 35 heavy (non-hydrogen) atoms. The molecule has 0 saturated heterocycles. The molecule has 8 heteroatoms. The summed E-state index contributed by atoms with van der Waals surface area (Å²) in [5.41, 5.74) is 4.97. The maximum Gasteiger partial charge on any atom is 0.345 e. The highest BCUT2D eigenvalue weighted by Gasteiger charge is 2.11. The van der Waals surface area contributed by atoms with Crippen molar-refractivity contribution < 1.29 is 13.2 Å². The Morgan fingerprint density at radius 1 is 0.829 bits per heavy atom. The lowest BCUT2D eigenvalue weighted by Gasteiger charge is -2.09. The topological polar surface area (TPSA) is 111 Å². The molecule has 0 aliphatic heterocycles. The van der Waals surface area contributed by atoms with Gasteiger partial charge in [0.25, 0.3) is 0 Å². The Kier molecular flexibility index (Phi) is 11.9. The average Bonchev–Trinajstić information content (AvgIpc) is 2.83. The monoisotopic (exact) mass is 470 g/mol. The van der Waals surface area contributed by atoms with E-state index in [4.69, 9.17) is 11.7 Å². The van der Waals surface area contributed by atoms with Crippen LogP contribution in [-0.2, 0) is 9.84 Å². The second kappa shape index (κ2) is 15.6. The first kappa shape index (κ1) is 26.8. The molecule has 0 aliphatic carbocycles. The van der Waals surface area contributed by atoms with Crippen LogP contribution in [0.15, 0.2) is 23.1 Å². The van der Waals surface area contributed by atoms with Gasteiger partial charge in [-0.15, -0.1) is 6.42 Å². The fraction of sp³-hybridized carbons (Fsp3) is 0.0370. The Labute approximate surface area is 204 Å². The summed E-state index contributed by atoms with van der Waals surface area (Å²) >= 11 is 0. The molecule has 0 unspecified atom stereocenters. The Morgan fingerprint density at radius 3 is 1.77 bits per heavy atom. The first-order valence-corrected chi connectivity index (χ1v) is 10.8. The maximum absolute atomic E-state index is 11.7. The lowest BCUT2D eigenvalue weighted by Crippen LogP contribution is -2.36. The van der Waals surface area contributed by atoms with E-state index in [2.05, 4.69) is 117 Å². The van der Waals surface area contributed by atoms with Crippen molar-refractivity contribution in [1.82, 2.24) is 10.7 Å². The number of hydrazine groups is 1. The van der Waals surface area contributed by atoms with E-state index in [9.17, 15) is 13.2 Å². The third kappa shape index (κ3) is 12.3. The lowest BCUT2D eigenvalue weighted by atomic mass is 10.2. The predicted octanol–water partition coefficient (Wildman–Crippen LogP) is 0.206. The minimum absolute atomic E-state index is 0.0187. The Bertz CT molecular complexity index is 1730. The number of carbonyl (C=O) groups excluding carboxylic acids is 1. The van der Waals surface area contributed by atoms with Crippen molar-refractivity contribution in [2.24, 2.45) is 0 Å². The van der Waals surface area contributed by atoms with E-state index in [1.165, 1.54) is 18.2 Å². The molecule has 1 aromatic rings. The quantitative estimate of drug-likeness (QED) is 0.332. The van der Waals surface area contributed by atoms with Crippen molar-refractivity contribution in [1.29, 1.82) is 5.26 Å². The Hall–Kier alpha value is -6.23. The summed E-state index contributed by atoms with van der Waals surface area (Å²) in [7, 11) is -3.47. The number of hydrogen-bond acceptors (Lipinski definition) is 5. The molecule has 0 saturated carbocycles. The SMILES string of the molecule is C#CC#CC#CC#CC#CC#CC#CC#CC#CNC(=O)NNc1ccc(S(C)(=O)=O)cc1C#N. The number of nitrogens with zero attached hydrogens (tertiary/aromatic N) is 1. The molecule has 0 spiro atoms. The summed E-state index contributed by atoms with van der Waals surface area (Å²) in [6.07, 6.45) is 5.94. The Morgan fingerprint density at radius 2 is 1.31 bits per heavy atom. The molecule has 0 heterocycles. The molecule has 1 rings (SSSR count). The maximum atomic E-state index is 11.7. The van der Waals surface area contributed by atoms with E-state index in [1.807, 2.05) is 6.07 Å². The number of carbonyl (C=O) groups is 1. The zero-order valence-corrected chi connectivity index (χ0v) is 18.7. The number of nitriles is 1. The van der Waals surface area contributed by atoms with Crippen LogP contribution in [0.3, 0.4) is 0 Å². The fourth-order valence-electron chi connectivity index (χ4n) is 1.67. The van der Waals surface area contributed by atoms with Gasteiger partial charge in [-0.1, -0.05) is 0 Å². The average molecular weight is 470 g/mol. The van der Waals surface area contributed by atoms with Crippen LogP contribution in [0.25, 0.3) is 0 Å². The standard InChI is InChI=1S/C27H10N4O3S/c1-3-4-5-6-7-8-9-10-11-12-13-14-15-16-17-18-21-29-27(32)31-30-26-20-19-25(35(2,33)34)22-24(26)23-28/h1,19-20,22,30H,2H3,(H2,29,31,32). The van der Waals surface area contributed by atoms with Crippen molar-refractivity contribution in [2.75, 3.05) is 11.7 Å².